The first-order chi connectivity index (χ1) is 14.0. The molecule has 9 heteroatoms. The van der Waals surface area contributed by atoms with Gasteiger partial charge in [-0.25, -0.2) is 4.79 Å². The lowest BCUT2D eigenvalue weighted by Crippen LogP contribution is -2.42. The van der Waals surface area contributed by atoms with E-state index in [0.717, 1.165) is 0 Å². The zero-order valence-electron chi connectivity index (χ0n) is 15.7. The van der Waals surface area contributed by atoms with Crippen LogP contribution in [0.1, 0.15) is 6.92 Å². The number of amides is 2. The summed E-state index contributed by atoms with van der Waals surface area (Å²) in [5.74, 6) is -0.0904. The lowest BCUT2D eigenvalue weighted by molar-refractivity contribution is -0.150. The molecule has 1 aliphatic heterocycles. The maximum atomic E-state index is 12.0. The molecular formula is C20H20N2O7. The van der Waals surface area contributed by atoms with Crippen LogP contribution in [-0.2, 0) is 19.1 Å². The molecule has 0 fully saturated rings. The fourth-order valence-electron chi connectivity index (χ4n) is 2.44. The lowest BCUT2D eigenvalue weighted by Gasteiger charge is -2.14. The molecule has 1 aliphatic rings. The van der Waals surface area contributed by atoms with Crippen molar-refractivity contribution in [3.05, 3.63) is 48.5 Å². The molecule has 2 N–H and O–H groups in total. The van der Waals surface area contributed by atoms with Gasteiger partial charge in [-0.3, -0.25) is 9.59 Å². The van der Waals surface area contributed by atoms with E-state index in [1.54, 1.807) is 42.5 Å². The molecule has 1 heterocycles. The molecule has 29 heavy (non-hydrogen) atoms. The molecule has 0 saturated heterocycles. The minimum Gasteiger partial charge on any atom is -0.484 e. The molecule has 2 aromatic carbocycles. The molecule has 1 atom stereocenters. The summed E-state index contributed by atoms with van der Waals surface area (Å²) in [7, 11) is 0. The van der Waals surface area contributed by atoms with Crippen molar-refractivity contribution in [2.45, 2.75) is 13.0 Å². The Labute approximate surface area is 166 Å². The van der Waals surface area contributed by atoms with Crippen LogP contribution in [0.5, 0.6) is 17.2 Å². The third kappa shape index (κ3) is 5.86. The summed E-state index contributed by atoms with van der Waals surface area (Å²) in [5.41, 5.74) is 0.481. The molecule has 3 rings (SSSR count). The van der Waals surface area contributed by atoms with Crippen LogP contribution in [0.15, 0.2) is 48.5 Å². The number of carbonyl (C=O) groups is 3. The van der Waals surface area contributed by atoms with E-state index in [9.17, 15) is 14.4 Å². The molecule has 0 aromatic heterocycles. The fraction of sp³-hybridized carbons (Fsp3) is 0.250. The van der Waals surface area contributed by atoms with Crippen molar-refractivity contribution in [2.75, 3.05) is 25.3 Å². The van der Waals surface area contributed by atoms with Crippen LogP contribution in [0, 0.1) is 0 Å². The Morgan fingerprint density at radius 1 is 1.00 bits per heavy atom. The number of carbonyl (C=O) groups excluding carboxylic acids is 3. The molecular weight excluding hydrogens is 380 g/mol. The molecule has 2 amide bonds. The number of para-hydroxylation sites is 1. The highest BCUT2D eigenvalue weighted by atomic mass is 16.7. The molecule has 0 aliphatic carbocycles. The van der Waals surface area contributed by atoms with Crippen molar-refractivity contribution >= 4 is 23.5 Å². The summed E-state index contributed by atoms with van der Waals surface area (Å²) in [6.45, 7) is 0.850. The summed E-state index contributed by atoms with van der Waals surface area (Å²) in [4.78, 5) is 35.8. The second-order valence-electron chi connectivity index (χ2n) is 6.11. The third-order valence-electron chi connectivity index (χ3n) is 3.85. The van der Waals surface area contributed by atoms with Gasteiger partial charge in [0.25, 0.3) is 11.8 Å². The summed E-state index contributed by atoms with van der Waals surface area (Å²) in [5, 5.41) is 5.04. The first kappa shape index (κ1) is 20.0. The maximum Gasteiger partial charge on any atom is 0.328 e. The van der Waals surface area contributed by atoms with Gasteiger partial charge in [-0.05, 0) is 31.2 Å². The van der Waals surface area contributed by atoms with Gasteiger partial charge >= 0.3 is 5.97 Å². The number of benzene rings is 2. The van der Waals surface area contributed by atoms with Crippen molar-refractivity contribution in [1.82, 2.24) is 5.32 Å². The van der Waals surface area contributed by atoms with Crippen LogP contribution in [0.3, 0.4) is 0 Å². The predicted octanol–water partition coefficient (Wildman–Crippen LogP) is 1.48. The topological polar surface area (TPSA) is 112 Å². The molecule has 0 bridgehead atoms. The van der Waals surface area contributed by atoms with Gasteiger partial charge in [-0.15, -0.1) is 0 Å². The minimum atomic E-state index is -0.930. The zero-order valence-corrected chi connectivity index (χ0v) is 15.7. The predicted molar refractivity (Wildman–Crippen MR) is 102 cm³/mol. The smallest absolute Gasteiger partial charge is 0.328 e. The summed E-state index contributed by atoms with van der Waals surface area (Å²) in [6.07, 6.45) is 0. The number of hydrogen-bond donors (Lipinski definition) is 2. The van der Waals surface area contributed by atoms with Crippen LogP contribution in [0.25, 0.3) is 0 Å². The Morgan fingerprint density at radius 3 is 2.55 bits per heavy atom. The number of nitrogens with one attached hydrogen (secondary N) is 2. The SMILES string of the molecule is C[C@@H](NC(=O)COc1ccccc1)C(=O)OCC(=O)Nc1ccc2c(c1)OCO2. The van der Waals surface area contributed by atoms with E-state index in [0.29, 0.717) is 22.9 Å². The van der Waals surface area contributed by atoms with E-state index in [2.05, 4.69) is 10.6 Å². The van der Waals surface area contributed by atoms with Gasteiger partial charge in [-0.1, -0.05) is 18.2 Å². The highest BCUT2D eigenvalue weighted by Crippen LogP contribution is 2.34. The lowest BCUT2D eigenvalue weighted by atomic mass is 10.3. The number of anilines is 1. The van der Waals surface area contributed by atoms with Gasteiger partial charge in [0.05, 0.1) is 0 Å². The van der Waals surface area contributed by atoms with Crippen LogP contribution in [0.4, 0.5) is 5.69 Å². The van der Waals surface area contributed by atoms with Gasteiger partial charge in [-0.2, -0.15) is 0 Å². The van der Waals surface area contributed by atoms with Gasteiger partial charge in [0, 0.05) is 11.8 Å². The van der Waals surface area contributed by atoms with Crippen LogP contribution in [0.2, 0.25) is 0 Å². The second kappa shape index (κ2) is 9.45. The van der Waals surface area contributed by atoms with E-state index in [1.165, 1.54) is 6.92 Å². The maximum absolute atomic E-state index is 12.0. The van der Waals surface area contributed by atoms with Gasteiger partial charge in [0.15, 0.2) is 24.7 Å². The van der Waals surface area contributed by atoms with Crippen molar-refractivity contribution in [2.24, 2.45) is 0 Å². The van der Waals surface area contributed by atoms with Gasteiger partial charge < -0.3 is 29.6 Å². The van der Waals surface area contributed by atoms with E-state index < -0.39 is 30.4 Å². The monoisotopic (exact) mass is 400 g/mol. The Morgan fingerprint density at radius 2 is 1.76 bits per heavy atom. The van der Waals surface area contributed by atoms with Crippen molar-refractivity contribution in [3.8, 4) is 17.2 Å². The van der Waals surface area contributed by atoms with Crippen molar-refractivity contribution < 1.29 is 33.3 Å². The van der Waals surface area contributed by atoms with Crippen molar-refractivity contribution in [1.29, 1.82) is 0 Å². The van der Waals surface area contributed by atoms with Crippen LogP contribution < -0.4 is 24.8 Å². The standard InChI is InChI=1S/C20H20N2O7/c1-13(21-18(23)10-26-15-5-3-2-4-6-15)20(25)27-11-19(24)22-14-7-8-16-17(9-14)29-12-28-16/h2-9,13H,10-12H2,1H3,(H,21,23)(H,22,24)/t13-/m1/s1. The van der Waals surface area contributed by atoms with Crippen LogP contribution >= 0.6 is 0 Å². The third-order valence-corrected chi connectivity index (χ3v) is 3.85. The number of esters is 1. The Balaban J connectivity index is 1.37. The highest BCUT2D eigenvalue weighted by molar-refractivity contribution is 5.93. The molecule has 0 radical (unpaired) electrons. The molecule has 2 aromatic rings. The quantitative estimate of drug-likeness (QED) is 0.646. The number of rotatable bonds is 8. The average molecular weight is 400 g/mol. The Kier molecular flexibility index (Phi) is 6.51. The first-order valence-electron chi connectivity index (χ1n) is 8.84. The Hall–Kier alpha value is -3.75. The van der Waals surface area contributed by atoms with E-state index in [-0.39, 0.29) is 13.4 Å². The molecule has 9 nitrogen and oxygen atoms in total. The van der Waals surface area contributed by atoms with E-state index >= 15 is 0 Å². The van der Waals surface area contributed by atoms with Gasteiger partial charge in [0.2, 0.25) is 6.79 Å². The average Bonchev–Trinajstić information content (AvgIpc) is 3.19. The molecule has 0 unspecified atom stereocenters. The first-order valence-corrected chi connectivity index (χ1v) is 8.84. The number of ether oxygens (including phenoxy) is 4. The van der Waals surface area contributed by atoms with Crippen LogP contribution in [-0.4, -0.2) is 43.8 Å². The second-order valence-corrected chi connectivity index (χ2v) is 6.11. The highest BCUT2D eigenvalue weighted by Gasteiger charge is 2.19. The summed E-state index contributed by atoms with van der Waals surface area (Å²) < 4.78 is 20.6. The number of hydrogen-bond acceptors (Lipinski definition) is 7. The molecule has 0 spiro atoms. The summed E-state index contributed by atoms with van der Waals surface area (Å²) >= 11 is 0. The minimum absolute atomic E-state index is 0.129. The largest absolute Gasteiger partial charge is 0.484 e. The van der Waals surface area contributed by atoms with E-state index in [1.807, 2.05) is 6.07 Å². The Bertz CT molecular complexity index is 886. The van der Waals surface area contributed by atoms with Crippen molar-refractivity contribution in [3.63, 3.8) is 0 Å². The summed E-state index contributed by atoms with van der Waals surface area (Å²) in [6, 6.07) is 12.8. The fourth-order valence-corrected chi connectivity index (χ4v) is 2.44. The van der Waals surface area contributed by atoms with E-state index in [4.69, 9.17) is 18.9 Å². The molecule has 0 saturated carbocycles. The zero-order chi connectivity index (χ0) is 20.6. The number of fused-ring (bicyclic) bond motifs is 1. The normalized spacial score (nSPS) is 12.6. The van der Waals surface area contributed by atoms with Gasteiger partial charge in [0.1, 0.15) is 11.8 Å². The molecule has 152 valence electrons.